The summed E-state index contributed by atoms with van der Waals surface area (Å²) in [5.74, 6) is 1.79. The van der Waals surface area contributed by atoms with E-state index >= 15 is 0 Å². The van der Waals surface area contributed by atoms with Gasteiger partial charge in [0.25, 0.3) is 0 Å². The second-order valence-electron chi connectivity index (χ2n) is 9.64. The third kappa shape index (κ3) is 1.68. The van der Waals surface area contributed by atoms with Crippen molar-refractivity contribution in [2.45, 2.75) is 42.5 Å². The van der Waals surface area contributed by atoms with Gasteiger partial charge in [0.2, 0.25) is 5.91 Å². The van der Waals surface area contributed by atoms with E-state index in [1.807, 2.05) is 17.0 Å². The number of methoxy groups -OCH3 is 2. The van der Waals surface area contributed by atoms with Gasteiger partial charge in [-0.3, -0.25) is 9.69 Å². The number of aliphatic hydroxyl groups is 1. The van der Waals surface area contributed by atoms with Crippen molar-refractivity contribution in [2.24, 2.45) is 11.8 Å². The van der Waals surface area contributed by atoms with Gasteiger partial charge in [0.15, 0.2) is 11.5 Å². The Hall–Kier alpha value is -2.09. The minimum absolute atomic E-state index is 0.0806. The third-order valence-corrected chi connectivity index (χ3v) is 8.95. The average molecular weight is 410 g/mol. The van der Waals surface area contributed by atoms with Crippen LogP contribution in [0.4, 0.5) is 5.69 Å². The van der Waals surface area contributed by atoms with Gasteiger partial charge in [0.1, 0.15) is 5.72 Å². The maximum atomic E-state index is 13.5. The van der Waals surface area contributed by atoms with Crippen LogP contribution in [0.5, 0.6) is 11.5 Å². The van der Waals surface area contributed by atoms with Crippen molar-refractivity contribution >= 4 is 11.6 Å². The zero-order valence-electron chi connectivity index (χ0n) is 17.3. The molecule has 1 aromatic rings. The summed E-state index contributed by atoms with van der Waals surface area (Å²) >= 11 is 0. The molecule has 1 N–H and O–H groups in total. The summed E-state index contributed by atoms with van der Waals surface area (Å²) in [7, 11) is 3.25. The molecule has 6 aliphatic rings. The molecule has 5 heterocycles. The van der Waals surface area contributed by atoms with E-state index in [1.165, 1.54) is 5.57 Å². The van der Waals surface area contributed by atoms with Crippen molar-refractivity contribution in [2.75, 3.05) is 38.8 Å². The monoisotopic (exact) mass is 410 g/mol. The molecule has 3 saturated heterocycles. The van der Waals surface area contributed by atoms with E-state index in [2.05, 4.69) is 11.0 Å². The normalized spacial score (nSPS) is 42.6. The highest BCUT2D eigenvalue weighted by Crippen LogP contribution is 2.69. The van der Waals surface area contributed by atoms with E-state index in [0.717, 1.165) is 30.8 Å². The van der Waals surface area contributed by atoms with E-state index in [0.29, 0.717) is 30.9 Å². The van der Waals surface area contributed by atoms with Crippen molar-refractivity contribution in [3.63, 3.8) is 0 Å². The van der Waals surface area contributed by atoms with E-state index < -0.39 is 11.1 Å². The second kappa shape index (κ2) is 5.39. The average Bonchev–Trinajstić information content (AvgIpc) is 3.15. The maximum absolute atomic E-state index is 13.5. The fraction of sp³-hybridized carbons (Fsp3) is 0.609. The van der Waals surface area contributed by atoms with Crippen LogP contribution in [0.2, 0.25) is 0 Å². The molecule has 30 heavy (non-hydrogen) atoms. The SMILES string of the molecule is COc1cc2c(cc1OC)[C@@]13CCN4CC5=CCOC6CC(=O)N2[C@H]1C6C5CC43O. The summed E-state index contributed by atoms with van der Waals surface area (Å²) in [5, 5.41) is 12.3. The fourth-order valence-electron chi connectivity index (χ4n) is 7.89. The Morgan fingerprint density at radius 2 is 2.03 bits per heavy atom. The molecule has 0 radical (unpaired) electrons. The highest BCUT2D eigenvalue weighted by atomic mass is 16.5. The van der Waals surface area contributed by atoms with Crippen molar-refractivity contribution in [3.8, 4) is 11.5 Å². The minimum atomic E-state index is -0.966. The Bertz CT molecular complexity index is 1020. The molecule has 4 unspecified atom stereocenters. The maximum Gasteiger partial charge on any atom is 0.229 e. The van der Waals surface area contributed by atoms with Crippen LogP contribution < -0.4 is 14.4 Å². The predicted octanol–water partition coefficient (Wildman–Crippen LogP) is 1.43. The van der Waals surface area contributed by atoms with Crippen molar-refractivity contribution in [1.82, 2.24) is 4.90 Å². The minimum Gasteiger partial charge on any atom is -0.493 e. The summed E-state index contributed by atoms with van der Waals surface area (Å²) in [6, 6.07) is 3.84. The van der Waals surface area contributed by atoms with Crippen LogP contribution in [0.1, 0.15) is 24.8 Å². The molecular formula is C23H26N2O5. The van der Waals surface area contributed by atoms with Crippen LogP contribution >= 0.6 is 0 Å². The quantitative estimate of drug-likeness (QED) is 0.744. The molecule has 1 amide bonds. The number of hydrogen-bond donors (Lipinski definition) is 1. The highest BCUT2D eigenvalue weighted by molar-refractivity contribution is 6.00. The first-order chi connectivity index (χ1) is 14.5. The van der Waals surface area contributed by atoms with E-state index in [1.54, 1.807) is 14.2 Å². The lowest BCUT2D eigenvalue weighted by atomic mass is 9.52. The number of anilines is 1. The molecule has 0 aromatic heterocycles. The lowest BCUT2D eigenvalue weighted by Gasteiger charge is -2.62. The van der Waals surface area contributed by atoms with Crippen LogP contribution in [0.3, 0.4) is 0 Å². The first kappa shape index (κ1) is 17.6. The highest BCUT2D eigenvalue weighted by Gasteiger charge is 2.77. The molecule has 1 saturated carbocycles. The molecule has 5 aliphatic heterocycles. The number of benzene rings is 1. The lowest BCUT2D eigenvalue weighted by Crippen LogP contribution is -2.74. The summed E-state index contributed by atoms with van der Waals surface area (Å²) in [6.45, 7) is 2.17. The van der Waals surface area contributed by atoms with Gasteiger partial charge in [-0.05, 0) is 30.4 Å². The number of carbonyl (C=O) groups is 1. The molecule has 2 bridgehead atoms. The number of piperidine rings is 2. The standard InChI is InChI=1S/C23H26N2O5/c1-28-16-7-14-15(8-17(16)29-2)25-19(26)9-18-20-13-10-23(27)22(14,21(20)25)4-5-24(23)11-12(13)3-6-30-18/h3,7-8,13,18,20-21,27H,4-6,9-11H2,1-2H3/t13?,18?,20?,21-,22-,23?/m0/s1. The number of hydrogen-bond acceptors (Lipinski definition) is 6. The molecule has 7 nitrogen and oxygen atoms in total. The number of amides is 1. The predicted molar refractivity (Wildman–Crippen MR) is 108 cm³/mol. The molecule has 1 aromatic carbocycles. The number of ether oxygens (including phenoxy) is 3. The molecule has 7 heteroatoms. The summed E-state index contributed by atoms with van der Waals surface area (Å²) in [5.41, 5.74) is 1.78. The van der Waals surface area contributed by atoms with Gasteiger partial charge >= 0.3 is 0 Å². The van der Waals surface area contributed by atoms with E-state index in [-0.39, 0.29) is 29.9 Å². The van der Waals surface area contributed by atoms with Crippen LogP contribution in [0.15, 0.2) is 23.8 Å². The number of fused-ring (bicyclic) bond motifs is 2. The van der Waals surface area contributed by atoms with Gasteiger partial charge in [0, 0.05) is 25.1 Å². The van der Waals surface area contributed by atoms with Crippen molar-refractivity contribution in [1.29, 1.82) is 0 Å². The molecule has 1 spiro atoms. The first-order valence-electron chi connectivity index (χ1n) is 10.9. The Balaban J connectivity index is 1.55. The summed E-state index contributed by atoms with van der Waals surface area (Å²) in [6.07, 6.45) is 4.03. The number of carbonyl (C=O) groups excluding carboxylic acids is 1. The molecule has 6 atom stereocenters. The van der Waals surface area contributed by atoms with E-state index in [4.69, 9.17) is 14.2 Å². The zero-order chi connectivity index (χ0) is 20.4. The Morgan fingerprint density at radius 3 is 2.83 bits per heavy atom. The Labute approximate surface area is 175 Å². The number of rotatable bonds is 2. The van der Waals surface area contributed by atoms with Crippen LogP contribution in [0.25, 0.3) is 0 Å². The van der Waals surface area contributed by atoms with Gasteiger partial charge in [-0.2, -0.15) is 0 Å². The van der Waals surface area contributed by atoms with Crippen LogP contribution in [0, 0.1) is 11.8 Å². The lowest BCUT2D eigenvalue weighted by molar-refractivity contribution is -0.197. The van der Waals surface area contributed by atoms with E-state index in [9.17, 15) is 9.90 Å². The Kier molecular flexibility index (Phi) is 3.16. The van der Waals surface area contributed by atoms with Crippen LogP contribution in [-0.4, -0.2) is 67.7 Å². The topological polar surface area (TPSA) is 71.5 Å². The second-order valence-corrected chi connectivity index (χ2v) is 9.64. The van der Waals surface area contributed by atoms with Gasteiger partial charge in [0.05, 0.1) is 50.5 Å². The molecular weight excluding hydrogens is 384 g/mol. The molecule has 7 rings (SSSR count). The third-order valence-electron chi connectivity index (χ3n) is 8.95. The van der Waals surface area contributed by atoms with Gasteiger partial charge in [-0.15, -0.1) is 0 Å². The largest absolute Gasteiger partial charge is 0.493 e. The smallest absolute Gasteiger partial charge is 0.229 e. The van der Waals surface area contributed by atoms with Crippen LogP contribution in [-0.2, 0) is 14.9 Å². The Morgan fingerprint density at radius 1 is 1.23 bits per heavy atom. The van der Waals surface area contributed by atoms with Gasteiger partial charge in [-0.1, -0.05) is 11.6 Å². The molecule has 4 fully saturated rings. The van der Waals surface area contributed by atoms with Gasteiger partial charge in [-0.25, -0.2) is 0 Å². The molecule has 1 aliphatic carbocycles. The molecule has 158 valence electrons. The van der Waals surface area contributed by atoms with Crippen molar-refractivity contribution in [3.05, 3.63) is 29.3 Å². The summed E-state index contributed by atoms with van der Waals surface area (Å²) < 4.78 is 17.4. The zero-order valence-corrected chi connectivity index (χ0v) is 17.3. The fourth-order valence-corrected chi connectivity index (χ4v) is 7.89. The van der Waals surface area contributed by atoms with Gasteiger partial charge < -0.3 is 24.2 Å². The van der Waals surface area contributed by atoms with Crippen molar-refractivity contribution < 1.29 is 24.1 Å². The summed E-state index contributed by atoms with van der Waals surface area (Å²) in [4.78, 5) is 17.7. The number of nitrogens with zero attached hydrogens (tertiary/aromatic N) is 2. The first-order valence-corrected chi connectivity index (χ1v) is 10.9.